The zero-order chi connectivity index (χ0) is 15.1. The third kappa shape index (κ3) is 2.68. The molecule has 2 nitrogen and oxygen atoms in total. The topological polar surface area (TPSA) is 15.3 Å². The standard InChI is InChI=1S/C18H19BrN2S/c1-21-10-9-16-15(11-21)14-3-2-4-17(18(14)20-16)22-13-7-5-12(19)6-8-13/h2-8,15-16,20H,9-11H2,1H3/t15?,16-/m0/s1. The van der Waals surface area contributed by atoms with Crippen LogP contribution in [0.4, 0.5) is 5.69 Å². The highest BCUT2D eigenvalue weighted by Crippen LogP contribution is 2.46. The predicted octanol–water partition coefficient (Wildman–Crippen LogP) is 4.81. The van der Waals surface area contributed by atoms with Crippen molar-refractivity contribution in [1.82, 2.24) is 4.90 Å². The zero-order valence-corrected chi connectivity index (χ0v) is 15.0. The number of anilines is 1. The van der Waals surface area contributed by atoms with Gasteiger partial charge in [-0.15, -0.1) is 0 Å². The van der Waals surface area contributed by atoms with E-state index in [1.807, 2.05) is 11.8 Å². The molecule has 2 aromatic rings. The number of rotatable bonds is 2. The Kier molecular flexibility index (Phi) is 3.93. The number of hydrogen-bond acceptors (Lipinski definition) is 3. The fraction of sp³-hybridized carbons (Fsp3) is 0.333. The van der Waals surface area contributed by atoms with E-state index < -0.39 is 0 Å². The molecule has 2 aliphatic rings. The number of likely N-dealkylation sites (N-methyl/N-ethyl adjacent to an activating group) is 1. The molecular formula is C18H19BrN2S. The Bertz CT molecular complexity index is 686. The van der Waals surface area contributed by atoms with Crippen LogP contribution >= 0.6 is 27.7 Å². The maximum atomic E-state index is 3.80. The van der Waals surface area contributed by atoms with Gasteiger partial charge in [-0.2, -0.15) is 0 Å². The van der Waals surface area contributed by atoms with Gasteiger partial charge >= 0.3 is 0 Å². The van der Waals surface area contributed by atoms with Crippen molar-refractivity contribution >= 4 is 33.4 Å². The van der Waals surface area contributed by atoms with Crippen molar-refractivity contribution < 1.29 is 0 Å². The van der Waals surface area contributed by atoms with E-state index >= 15 is 0 Å². The first kappa shape index (κ1) is 14.6. The molecule has 2 heterocycles. The molecule has 1 saturated heterocycles. The lowest BCUT2D eigenvalue weighted by Gasteiger charge is -2.32. The molecule has 0 saturated carbocycles. The summed E-state index contributed by atoms with van der Waals surface area (Å²) < 4.78 is 1.13. The molecule has 114 valence electrons. The minimum atomic E-state index is 0.609. The van der Waals surface area contributed by atoms with Gasteiger partial charge < -0.3 is 10.2 Å². The minimum absolute atomic E-state index is 0.609. The Morgan fingerprint density at radius 3 is 2.82 bits per heavy atom. The fourth-order valence-corrected chi connectivity index (χ4v) is 4.73. The molecule has 1 fully saturated rings. The second kappa shape index (κ2) is 5.91. The summed E-state index contributed by atoms with van der Waals surface area (Å²) in [6, 6.07) is 15.9. The first-order valence-corrected chi connectivity index (χ1v) is 9.33. The van der Waals surface area contributed by atoms with E-state index in [1.165, 1.54) is 34.0 Å². The minimum Gasteiger partial charge on any atom is -0.380 e. The van der Waals surface area contributed by atoms with Crippen LogP contribution in [0.25, 0.3) is 0 Å². The van der Waals surface area contributed by atoms with Gasteiger partial charge in [-0.05, 0) is 55.9 Å². The summed E-state index contributed by atoms with van der Waals surface area (Å²) in [7, 11) is 2.23. The number of piperidine rings is 1. The third-order valence-corrected chi connectivity index (χ3v) is 6.24. The van der Waals surface area contributed by atoms with Crippen molar-refractivity contribution in [3.63, 3.8) is 0 Å². The Morgan fingerprint density at radius 1 is 1.18 bits per heavy atom. The highest BCUT2D eigenvalue weighted by atomic mass is 79.9. The molecule has 0 aromatic heterocycles. The van der Waals surface area contributed by atoms with E-state index in [0.29, 0.717) is 12.0 Å². The molecule has 22 heavy (non-hydrogen) atoms. The Balaban J connectivity index is 1.65. The summed E-state index contributed by atoms with van der Waals surface area (Å²) in [5.74, 6) is 0.638. The second-order valence-electron chi connectivity index (χ2n) is 6.18. The van der Waals surface area contributed by atoms with Gasteiger partial charge in [0.25, 0.3) is 0 Å². The van der Waals surface area contributed by atoms with E-state index in [2.05, 4.69) is 75.7 Å². The van der Waals surface area contributed by atoms with Crippen LogP contribution in [0.1, 0.15) is 17.9 Å². The van der Waals surface area contributed by atoms with Crippen LogP contribution in [0.3, 0.4) is 0 Å². The van der Waals surface area contributed by atoms with Crippen molar-refractivity contribution in [2.24, 2.45) is 0 Å². The van der Waals surface area contributed by atoms with Gasteiger partial charge in [-0.3, -0.25) is 0 Å². The van der Waals surface area contributed by atoms with Crippen molar-refractivity contribution in [2.45, 2.75) is 28.2 Å². The average molecular weight is 375 g/mol. The van der Waals surface area contributed by atoms with E-state index in [1.54, 1.807) is 0 Å². The van der Waals surface area contributed by atoms with Gasteiger partial charge in [0.15, 0.2) is 0 Å². The largest absolute Gasteiger partial charge is 0.380 e. The predicted molar refractivity (Wildman–Crippen MR) is 97.0 cm³/mol. The SMILES string of the molecule is CN1CC[C@@H]2Nc3c(Sc4ccc(Br)cc4)cccc3C2C1. The van der Waals surface area contributed by atoms with Crippen LogP contribution in [-0.2, 0) is 0 Å². The molecule has 0 spiro atoms. The van der Waals surface area contributed by atoms with E-state index in [-0.39, 0.29) is 0 Å². The lowest BCUT2D eigenvalue weighted by molar-refractivity contribution is 0.243. The number of nitrogens with zero attached hydrogens (tertiary/aromatic N) is 1. The number of nitrogens with one attached hydrogen (secondary N) is 1. The number of likely N-dealkylation sites (tertiary alicyclic amines) is 1. The molecule has 0 aliphatic carbocycles. The second-order valence-corrected chi connectivity index (χ2v) is 8.22. The van der Waals surface area contributed by atoms with E-state index in [0.717, 1.165) is 11.0 Å². The number of hydrogen-bond donors (Lipinski definition) is 1. The summed E-state index contributed by atoms with van der Waals surface area (Å²) in [6.45, 7) is 2.36. The molecule has 1 N–H and O–H groups in total. The van der Waals surface area contributed by atoms with Crippen molar-refractivity contribution in [3.05, 3.63) is 52.5 Å². The van der Waals surface area contributed by atoms with Gasteiger partial charge in [-0.1, -0.05) is 39.8 Å². The van der Waals surface area contributed by atoms with Crippen LogP contribution in [-0.4, -0.2) is 31.1 Å². The van der Waals surface area contributed by atoms with Crippen molar-refractivity contribution in [2.75, 3.05) is 25.5 Å². The molecule has 2 atom stereocenters. The first-order valence-electron chi connectivity index (χ1n) is 7.72. The number of benzene rings is 2. The summed E-state index contributed by atoms with van der Waals surface area (Å²) in [5.41, 5.74) is 2.86. The fourth-order valence-electron chi connectivity index (χ4n) is 3.51. The summed E-state index contributed by atoms with van der Waals surface area (Å²) in [4.78, 5) is 5.08. The third-order valence-electron chi connectivity index (χ3n) is 4.65. The molecule has 4 heteroatoms. The van der Waals surface area contributed by atoms with Gasteiger partial charge in [0.05, 0.1) is 5.69 Å². The highest BCUT2D eigenvalue weighted by Gasteiger charge is 2.36. The quantitative estimate of drug-likeness (QED) is 0.811. The van der Waals surface area contributed by atoms with Crippen molar-refractivity contribution in [1.29, 1.82) is 0 Å². The molecule has 0 amide bonds. The van der Waals surface area contributed by atoms with Crippen LogP contribution in [0, 0.1) is 0 Å². The smallest absolute Gasteiger partial charge is 0.0521 e. The Morgan fingerprint density at radius 2 is 2.00 bits per heavy atom. The highest BCUT2D eigenvalue weighted by molar-refractivity contribution is 9.10. The molecule has 2 aliphatic heterocycles. The molecule has 0 bridgehead atoms. The van der Waals surface area contributed by atoms with Crippen LogP contribution < -0.4 is 5.32 Å². The maximum Gasteiger partial charge on any atom is 0.0521 e. The molecule has 2 aromatic carbocycles. The summed E-state index contributed by atoms with van der Waals surface area (Å²) in [6.07, 6.45) is 1.23. The lowest BCUT2D eigenvalue weighted by atomic mass is 9.90. The summed E-state index contributed by atoms with van der Waals surface area (Å²) in [5, 5.41) is 3.80. The molecule has 0 radical (unpaired) electrons. The average Bonchev–Trinajstić information content (AvgIpc) is 2.89. The zero-order valence-electron chi connectivity index (χ0n) is 12.6. The molecular weight excluding hydrogens is 356 g/mol. The number of halogens is 1. The van der Waals surface area contributed by atoms with Gasteiger partial charge in [-0.25, -0.2) is 0 Å². The van der Waals surface area contributed by atoms with Crippen molar-refractivity contribution in [3.8, 4) is 0 Å². The van der Waals surface area contributed by atoms with Crippen LogP contribution in [0.5, 0.6) is 0 Å². The maximum absolute atomic E-state index is 3.80. The Hall–Kier alpha value is -0.970. The van der Waals surface area contributed by atoms with Gasteiger partial charge in [0.2, 0.25) is 0 Å². The lowest BCUT2D eigenvalue weighted by Crippen LogP contribution is -2.39. The van der Waals surface area contributed by atoms with Crippen LogP contribution in [0.2, 0.25) is 0 Å². The van der Waals surface area contributed by atoms with E-state index in [4.69, 9.17) is 0 Å². The molecule has 4 rings (SSSR count). The number of fused-ring (bicyclic) bond motifs is 3. The monoisotopic (exact) mass is 374 g/mol. The Labute approximate surface area is 144 Å². The van der Waals surface area contributed by atoms with E-state index in [9.17, 15) is 0 Å². The molecule has 1 unspecified atom stereocenters. The summed E-state index contributed by atoms with van der Waals surface area (Å²) >= 11 is 5.35. The van der Waals surface area contributed by atoms with Crippen LogP contribution in [0.15, 0.2) is 56.7 Å². The normalized spacial score (nSPS) is 23.7. The van der Waals surface area contributed by atoms with Gasteiger partial charge in [0, 0.05) is 32.8 Å². The number of para-hydroxylation sites is 1. The first-order chi connectivity index (χ1) is 10.7. The van der Waals surface area contributed by atoms with Gasteiger partial charge in [0.1, 0.15) is 0 Å².